The molecule has 0 heterocycles. The fourth-order valence-electron chi connectivity index (χ4n) is 2.03. The lowest BCUT2D eigenvalue weighted by atomic mass is 10.1. The number of rotatable bonds is 5. The molecule has 3 nitrogen and oxygen atoms in total. The van der Waals surface area contributed by atoms with Crippen molar-refractivity contribution < 1.29 is 13.9 Å². The number of benzene rings is 2. The number of hydrogen-bond acceptors (Lipinski definition) is 3. The van der Waals surface area contributed by atoms with Crippen LogP contribution < -0.4 is 14.8 Å². The summed E-state index contributed by atoms with van der Waals surface area (Å²) >= 11 is 6.14. The number of anilines is 1. The molecule has 0 fully saturated rings. The lowest BCUT2D eigenvalue weighted by Gasteiger charge is -2.13. The lowest BCUT2D eigenvalue weighted by molar-refractivity contribution is 0.355. The number of ether oxygens (including phenoxy) is 2. The van der Waals surface area contributed by atoms with Crippen LogP contribution in [0.25, 0.3) is 0 Å². The molecule has 5 heteroatoms. The molecule has 1 N–H and O–H groups in total. The molecular formula is C16H17ClFNO2. The average Bonchev–Trinajstić information content (AvgIpc) is 2.45. The summed E-state index contributed by atoms with van der Waals surface area (Å²) in [7, 11) is 3.08. The molecule has 2 aromatic rings. The van der Waals surface area contributed by atoms with Crippen molar-refractivity contribution in [1.82, 2.24) is 0 Å². The zero-order valence-electron chi connectivity index (χ0n) is 12.2. The molecule has 0 unspecified atom stereocenters. The topological polar surface area (TPSA) is 30.5 Å². The molecule has 0 atom stereocenters. The van der Waals surface area contributed by atoms with Gasteiger partial charge in [-0.05, 0) is 42.3 Å². The monoisotopic (exact) mass is 309 g/mol. The Morgan fingerprint density at radius 2 is 1.90 bits per heavy atom. The van der Waals surface area contributed by atoms with Crippen molar-refractivity contribution in [3.05, 3.63) is 52.3 Å². The molecule has 0 aliphatic rings. The van der Waals surface area contributed by atoms with Gasteiger partial charge in [0.05, 0.1) is 24.9 Å². The minimum atomic E-state index is -0.276. The van der Waals surface area contributed by atoms with Gasteiger partial charge < -0.3 is 14.8 Å². The van der Waals surface area contributed by atoms with Gasteiger partial charge in [-0.2, -0.15) is 0 Å². The molecule has 0 amide bonds. The van der Waals surface area contributed by atoms with E-state index < -0.39 is 0 Å². The van der Waals surface area contributed by atoms with Crippen LogP contribution in [0.15, 0.2) is 30.3 Å². The number of hydrogen-bond donors (Lipinski definition) is 1. The maximum atomic E-state index is 13.8. The highest BCUT2D eigenvalue weighted by Gasteiger charge is 2.11. The van der Waals surface area contributed by atoms with Crippen LogP contribution in [0, 0.1) is 12.7 Å². The number of aryl methyl sites for hydroxylation is 1. The Bertz CT molecular complexity index is 646. The normalized spacial score (nSPS) is 10.3. The Balaban J connectivity index is 2.18. The van der Waals surface area contributed by atoms with E-state index in [9.17, 15) is 4.39 Å². The summed E-state index contributed by atoms with van der Waals surface area (Å²) in [4.78, 5) is 0. The molecule has 0 aliphatic carbocycles. The SMILES string of the molecule is COc1cc(CNc2ccc(C)cc2F)cc(Cl)c1OC. The van der Waals surface area contributed by atoms with Gasteiger partial charge in [0.15, 0.2) is 11.5 Å². The first-order valence-corrected chi connectivity index (χ1v) is 6.83. The summed E-state index contributed by atoms with van der Waals surface area (Å²) in [5.74, 6) is 0.761. The maximum absolute atomic E-state index is 13.8. The van der Waals surface area contributed by atoms with Crippen molar-refractivity contribution in [2.24, 2.45) is 0 Å². The molecule has 0 aromatic heterocycles. The minimum absolute atomic E-state index is 0.276. The second-order valence-electron chi connectivity index (χ2n) is 4.65. The van der Waals surface area contributed by atoms with Gasteiger partial charge in [-0.3, -0.25) is 0 Å². The van der Waals surface area contributed by atoms with Gasteiger partial charge in [-0.25, -0.2) is 4.39 Å². The highest BCUT2D eigenvalue weighted by Crippen LogP contribution is 2.36. The molecule has 2 aromatic carbocycles. The van der Waals surface area contributed by atoms with Crippen LogP contribution in [-0.4, -0.2) is 14.2 Å². The Labute approximate surface area is 128 Å². The van der Waals surface area contributed by atoms with Crippen molar-refractivity contribution in [2.75, 3.05) is 19.5 Å². The summed E-state index contributed by atoms with van der Waals surface area (Å²) in [5, 5.41) is 3.50. The van der Waals surface area contributed by atoms with Crippen LogP contribution in [0.4, 0.5) is 10.1 Å². The van der Waals surface area contributed by atoms with Crippen LogP contribution in [0.2, 0.25) is 5.02 Å². The first-order valence-electron chi connectivity index (χ1n) is 6.45. The van der Waals surface area contributed by atoms with Gasteiger partial charge in [-0.1, -0.05) is 17.7 Å². The average molecular weight is 310 g/mol. The van der Waals surface area contributed by atoms with E-state index in [1.807, 2.05) is 19.1 Å². The zero-order valence-corrected chi connectivity index (χ0v) is 12.9. The summed E-state index contributed by atoms with van der Waals surface area (Å²) in [6, 6.07) is 8.63. The van der Waals surface area contributed by atoms with Gasteiger partial charge in [0.1, 0.15) is 5.82 Å². The molecule has 0 bridgehead atoms. The summed E-state index contributed by atoms with van der Waals surface area (Å²) in [6.45, 7) is 2.28. The molecule has 0 aliphatic heterocycles. The van der Waals surface area contributed by atoms with Gasteiger partial charge in [0, 0.05) is 6.54 Å². The first kappa shape index (κ1) is 15.4. The van der Waals surface area contributed by atoms with E-state index in [1.54, 1.807) is 19.2 Å². The molecule has 112 valence electrons. The highest BCUT2D eigenvalue weighted by atomic mass is 35.5. The van der Waals surface area contributed by atoms with Gasteiger partial charge in [-0.15, -0.1) is 0 Å². The fraction of sp³-hybridized carbons (Fsp3) is 0.250. The predicted molar refractivity (Wildman–Crippen MR) is 83.0 cm³/mol. The Morgan fingerprint density at radius 1 is 1.14 bits per heavy atom. The highest BCUT2D eigenvalue weighted by molar-refractivity contribution is 6.32. The number of nitrogens with one attached hydrogen (secondary N) is 1. The molecule has 2 rings (SSSR count). The smallest absolute Gasteiger partial charge is 0.179 e. The van der Waals surface area contributed by atoms with Crippen LogP contribution in [0.5, 0.6) is 11.5 Å². The van der Waals surface area contributed by atoms with Crippen LogP contribution in [-0.2, 0) is 6.54 Å². The standard InChI is InChI=1S/C16H17ClFNO2/c1-10-4-5-14(13(18)6-10)19-9-11-7-12(17)16(21-3)15(8-11)20-2/h4-8,19H,9H2,1-3H3. The van der Waals surface area contributed by atoms with Crippen molar-refractivity contribution >= 4 is 17.3 Å². The third-order valence-electron chi connectivity index (χ3n) is 3.10. The molecule has 21 heavy (non-hydrogen) atoms. The second-order valence-corrected chi connectivity index (χ2v) is 5.06. The van der Waals surface area contributed by atoms with E-state index in [0.29, 0.717) is 28.8 Å². The summed E-state index contributed by atoms with van der Waals surface area (Å²) < 4.78 is 24.2. The van der Waals surface area contributed by atoms with E-state index >= 15 is 0 Å². The van der Waals surface area contributed by atoms with Gasteiger partial charge >= 0.3 is 0 Å². The van der Waals surface area contributed by atoms with Crippen molar-refractivity contribution in [3.63, 3.8) is 0 Å². The van der Waals surface area contributed by atoms with Crippen molar-refractivity contribution in [1.29, 1.82) is 0 Å². The summed E-state index contributed by atoms with van der Waals surface area (Å²) in [6.07, 6.45) is 0. The Kier molecular flexibility index (Phi) is 4.91. The van der Waals surface area contributed by atoms with Gasteiger partial charge in [0.2, 0.25) is 0 Å². The van der Waals surface area contributed by atoms with Crippen molar-refractivity contribution in [3.8, 4) is 11.5 Å². The zero-order chi connectivity index (χ0) is 15.4. The minimum Gasteiger partial charge on any atom is -0.493 e. The largest absolute Gasteiger partial charge is 0.493 e. The van der Waals surface area contributed by atoms with Crippen LogP contribution in [0.1, 0.15) is 11.1 Å². The first-order chi connectivity index (χ1) is 10.0. The van der Waals surface area contributed by atoms with Gasteiger partial charge in [0.25, 0.3) is 0 Å². The van der Waals surface area contributed by atoms with Crippen LogP contribution in [0.3, 0.4) is 0 Å². The third-order valence-corrected chi connectivity index (χ3v) is 3.38. The Morgan fingerprint density at radius 3 is 2.52 bits per heavy atom. The molecule has 0 radical (unpaired) electrons. The molecule has 0 saturated carbocycles. The Hall–Kier alpha value is -1.94. The molecular weight excluding hydrogens is 293 g/mol. The van der Waals surface area contributed by atoms with E-state index in [0.717, 1.165) is 11.1 Å². The maximum Gasteiger partial charge on any atom is 0.179 e. The number of halogens is 2. The third kappa shape index (κ3) is 3.58. The molecule has 0 spiro atoms. The molecule has 0 saturated heterocycles. The predicted octanol–water partition coefficient (Wildman–Crippen LogP) is 4.42. The van der Waals surface area contributed by atoms with E-state index in [2.05, 4.69) is 5.32 Å². The number of methoxy groups -OCH3 is 2. The van der Waals surface area contributed by atoms with E-state index in [-0.39, 0.29) is 5.82 Å². The fourth-order valence-corrected chi connectivity index (χ4v) is 2.34. The van der Waals surface area contributed by atoms with Crippen LogP contribution >= 0.6 is 11.6 Å². The second kappa shape index (κ2) is 6.68. The van der Waals surface area contributed by atoms with E-state index in [4.69, 9.17) is 21.1 Å². The quantitative estimate of drug-likeness (QED) is 0.887. The van der Waals surface area contributed by atoms with E-state index in [1.165, 1.54) is 13.2 Å². The lowest BCUT2D eigenvalue weighted by Crippen LogP contribution is -2.03. The van der Waals surface area contributed by atoms with Crippen molar-refractivity contribution in [2.45, 2.75) is 13.5 Å². The summed E-state index contributed by atoms with van der Waals surface area (Å²) in [5.41, 5.74) is 2.20.